The van der Waals surface area contributed by atoms with Crippen LogP contribution in [0.4, 0.5) is 4.79 Å². The maximum Gasteiger partial charge on any atom is 0.409 e. The number of hydrogen-bond donors (Lipinski definition) is 2. The first-order valence-corrected chi connectivity index (χ1v) is 8.49. The van der Waals surface area contributed by atoms with E-state index in [0.29, 0.717) is 31.4 Å². The second-order valence-corrected chi connectivity index (χ2v) is 5.91. The van der Waals surface area contributed by atoms with Crippen molar-refractivity contribution in [2.24, 2.45) is 4.99 Å². The Labute approximate surface area is 170 Å². The van der Waals surface area contributed by atoms with E-state index in [1.807, 2.05) is 13.0 Å². The fraction of sp³-hybridized carbons (Fsp3) is 0.562. The van der Waals surface area contributed by atoms with Gasteiger partial charge in [0, 0.05) is 38.9 Å². The number of likely N-dealkylation sites (tertiary alicyclic amines) is 1. The number of hydrogen-bond acceptors (Lipinski definition) is 4. The van der Waals surface area contributed by atoms with Crippen LogP contribution in [0.5, 0.6) is 0 Å². The zero-order valence-corrected chi connectivity index (χ0v) is 17.6. The smallest absolute Gasteiger partial charge is 0.409 e. The summed E-state index contributed by atoms with van der Waals surface area (Å²) in [5.41, 5.74) is 1.03. The van der Waals surface area contributed by atoms with Crippen LogP contribution in [-0.2, 0) is 11.3 Å². The van der Waals surface area contributed by atoms with Crippen LogP contribution in [-0.4, -0.2) is 54.7 Å². The molecule has 1 aliphatic rings. The first-order chi connectivity index (χ1) is 11.6. The van der Waals surface area contributed by atoms with E-state index in [2.05, 4.69) is 20.6 Å². The second kappa shape index (κ2) is 11.3. The summed E-state index contributed by atoms with van der Waals surface area (Å²) in [5.74, 6) is 0.736. The van der Waals surface area contributed by atoms with Crippen molar-refractivity contribution < 1.29 is 9.53 Å². The number of nitrogens with zero attached hydrogens (tertiary/aromatic N) is 3. The zero-order valence-electron chi connectivity index (χ0n) is 14.5. The lowest BCUT2D eigenvalue weighted by molar-refractivity contribution is 0.0963. The van der Waals surface area contributed by atoms with E-state index in [4.69, 9.17) is 16.3 Å². The Morgan fingerprint density at radius 1 is 1.44 bits per heavy atom. The van der Waals surface area contributed by atoms with Gasteiger partial charge in [-0.25, -0.2) is 9.78 Å². The number of piperidine rings is 1. The van der Waals surface area contributed by atoms with Crippen molar-refractivity contribution in [1.82, 2.24) is 20.5 Å². The average molecular weight is 482 g/mol. The van der Waals surface area contributed by atoms with Gasteiger partial charge in [-0.3, -0.25) is 4.99 Å². The molecule has 0 aromatic carbocycles. The van der Waals surface area contributed by atoms with Gasteiger partial charge in [0.15, 0.2) is 5.96 Å². The normalized spacial score (nSPS) is 15.3. The molecule has 1 fully saturated rings. The van der Waals surface area contributed by atoms with Crippen LogP contribution in [0, 0.1) is 0 Å². The molecule has 2 rings (SSSR count). The van der Waals surface area contributed by atoms with Crippen LogP contribution in [0.15, 0.2) is 23.3 Å². The molecule has 25 heavy (non-hydrogen) atoms. The Kier molecular flexibility index (Phi) is 9.88. The molecule has 0 saturated carbocycles. The zero-order chi connectivity index (χ0) is 17.4. The predicted molar refractivity (Wildman–Crippen MR) is 110 cm³/mol. The van der Waals surface area contributed by atoms with Crippen molar-refractivity contribution in [3.05, 3.63) is 29.0 Å². The lowest BCUT2D eigenvalue weighted by Gasteiger charge is -2.32. The molecule has 1 aliphatic heterocycles. The highest BCUT2D eigenvalue weighted by atomic mass is 127. The Morgan fingerprint density at radius 2 is 2.16 bits per heavy atom. The van der Waals surface area contributed by atoms with E-state index < -0.39 is 0 Å². The summed E-state index contributed by atoms with van der Waals surface area (Å²) in [6.07, 6.45) is 3.23. The van der Waals surface area contributed by atoms with Gasteiger partial charge < -0.3 is 20.3 Å². The minimum Gasteiger partial charge on any atom is -0.450 e. The molecule has 0 unspecified atom stereocenters. The van der Waals surface area contributed by atoms with Crippen molar-refractivity contribution in [3.63, 3.8) is 0 Å². The standard InChI is InChI=1S/C16H24ClN5O2.HI/c1-3-24-16(23)22-8-6-13(7-9-22)21-15(18-2)20-11-12-4-5-14(17)19-10-12;/h4-5,10,13H,3,6-9,11H2,1-2H3,(H2,18,20,21);1H. The Morgan fingerprint density at radius 3 is 2.72 bits per heavy atom. The maximum atomic E-state index is 11.7. The van der Waals surface area contributed by atoms with Crippen molar-refractivity contribution in [3.8, 4) is 0 Å². The molecule has 0 bridgehead atoms. The van der Waals surface area contributed by atoms with Crippen LogP contribution in [0.2, 0.25) is 5.15 Å². The molecule has 9 heteroatoms. The van der Waals surface area contributed by atoms with Crippen LogP contribution >= 0.6 is 35.6 Å². The first kappa shape index (κ1) is 21.8. The first-order valence-electron chi connectivity index (χ1n) is 8.11. The van der Waals surface area contributed by atoms with Crippen LogP contribution in [0.25, 0.3) is 0 Å². The number of nitrogens with one attached hydrogen (secondary N) is 2. The third kappa shape index (κ3) is 7.23. The Balaban J connectivity index is 0.00000312. The molecule has 7 nitrogen and oxygen atoms in total. The number of aliphatic imine (C=N–C) groups is 1. The molecule has 0 radical (unpaired) electrons. The molecule has 0 aliphatic carbocycles. The number of halogens is 2. The predicted octanol–water partition coefficient (Wildman–Crippen LogP) is 2.64. The molecular weight excluding hydrogens is 457 g/mol. The fourth-order valence-electron chi connectivity index (χ4n) is 2.51. The molecule has 2 N–H and O–H groups in total. The van der Waals surface area contributed by atoms with Crippen LogP contribution in [0.3, 0.4) is 0 Å². The lowest BCUT2D eigenvalue weighted by Crippen LogP contribution is -2.49. The molecular formula is C16H25ClIN5O2. The molecule has 1 aromatic heterocycles. The number of pyridine rings is 1. The molecule has 2 heterocycles. The third-order valence-electron chi connectivity index (χ3n) is 3.83. The Bertz CT molecular complexity index is 562. The van der Waals surface area contributed by atoms with Crippen LogP contribution < -0.4 is 10.6 Å². The molecule has 1 saturated heterocycles. The van der Waals surface area contributed by atoms with Gasteiger partial charge in [0.05, 0.1) is 6.61 Å². The van der Waals surface area contributed by atoms with E-state index in [0.717, 1.165) is 24.4 Å². The summed E-state index contributed by atoms with van der Waals surface area (Å²) < 4.78 is 5.03. The minimum atomic E-state index is -0.228. The van der Waals surface area contributed by atoms with Gasteiger partial charge in [0.1, 0.15) is 5.15 Å². The van der Waals surface area contributed by atoms with Crippen molar-refractivity contribution >= 4 is 47.6 Å². The summed E-state index contributed by atoms with van der Waals surface area (Å²) in [6, 6.07) is 3.97. The van der Waals surface area contributed by atoms with Gasteiger partial charge in [0.25, 0.3) is 0 Å². The van der Waals surface area contributed by atoms with Crippen molar-refractivity contribution in [2.45, 2.75) is 32.4 Å². The summed E-state index contributed by atoms with van der Waals surface area (Å²) in [7, 11) is 1.74. The highest BCUT2D eigenvalue weighted by Crippen LogP contribution is 2.11. The van der Waals surface area contributed by atoms with Crippen LogP contribution in [0.1, 0.15) is 25.3 Å². The van der Waals surface area contributed by atoms with Gasteiger partial charge in [-0.1, -0.05) is 17.7 Å². The van der Waals surface area contributed by atoms with E-state index in [-0.39, 0.29) is 36.1 Å². The molecule has 0 atom stereocenters. The van der Waals surface area contributed by atoms with E-state index in [1.54, 1.807) is 24.2 Å². The minimum absolute atomic E-state index is 0. The van der Waals surface area contributed by atoms with Gasteiger partial charge >= 0.3 is 6.09 Å². The molecule has 1 amide bonds. The van der Waals surface area contributed by atoms with Crippen molar-refractivity contribution in [2.75, 3.05) is 26.7 Å². The number of ether oxygens (including phenoxy) is 1. The number of amides is 1. The van der Waals surface area contributed by atoms with Gasteiger partial charge in [-0.05, 0) is 31.4 Å². The molecule has 0 spiro atoms. The number of guanidine groups is 1. The number of carbonyl (C=O) groups is 1. The van der Waals surface area contributed by atoms with Crippen molar-refractivity contribution in [1.29, 1.82) is 0 Å². The summed E-state index contributed by atoms with van der Waals surface area (Å²) in [5, 5.41) is 7.13. The van der Waals surface area contributed by atoms with Gasteiger partial charge in [-0.15, -0.1) is 24.0 Å². The largest absolute Gasteiger partial charge is 0.450 e. The van der Waals surface area contributed by atoms with Gasteiger partial charge in [-0.2, -0.15) is 0 Å². The van der Waals surface area contributed by atoms with E-state index >= 15 is 0 Å². The van der Waals surface area contributed by atoms with Gasteiger partial charge in [0.2, 0.25) is 0 Å². The second-order valence-electron chi connectivity index (χ2n) is 5.52. The molecule has 140 valence electrons. The number of rotatable bonds is 4. The highest BCUT2D eigenvalue weighted by Gasteiger charge is 2.23. The SMILES string of the molecule is CCOC(=O)N1CCC(NC(=NC)NCc2ccc(Cl)nc2)CC1.I. The fourth-order valence-corrected chi connectivity index (χ4v) is 2.62. The third-order valence-corrected chi connectivity index (χ3v) is 4.06. The van der Waals surface area contributed by atoms with E-state index in [9.17, 15) is 4.79 Å². The number of aromatic nitrogens is 1. The average Bonchev–Trinajstić information content (AvgIpc) is 2.60. The number of carbonyl (C=O) groups excluding carboxylic acids is 1. The topological polar surface area (TPSA) is 78.8 Å². The quantitative estimate of drug-likeness (QED) is 0.299. The van der Waals surface area contributed by atoms with E-state index in [1.165, 1.54) is 0 Å². The summed E-state index contributed by atoms with van der Waals surface area (Å²) in [4.78, 5) is 21.7. The lowest BCUT2D eigenvalue weighted by atomic mass is 10.1. The maximum absolute atomic E-state index is 11.7. The summed E-state index contributed by atoms with van der Waals surface area (Å²) >= 11 is 5.78. The summed E-state index contributed by atoms with van der Waals surface area (Å²) in [6.45, 7) is 4.22. The Hall–Kier alpha value is -1.29. The highest BCUT2D eigenvalue weighted by molar-refractivity contribution is 14.0. The molecule has 1 aromatic rings. The monoisotopic (exact) mass is 481 g/mol.